The molecule has 7 heteroatoms. The van der Waals surface area contributed by atoms with Crippen molar-refractivity contribution in [3.05, 3.63) is 59.1 Å². The molecule has 0 radical (unpaired) electrons. The molecule has 0 N–H and O–H groups in total. The fourth-order valence-corrected chi connectivity index (χ4v) is 3.02. The molecule has 2 aromatic carbocycles. The normalized spacial score (nSPS) is 10.4. The number of aromatic nitrogens is 2. The summed E-state index contributed by atoms with van der Waals surface area (Å²) in [5.74, 6) is 0.476. The molecular weight excluding hydrogens is 390 g/mol. The van der Waals surface area contributed by atoms with E-state index in [0.29, 0.717) is 10.9 Å². The van der Waals surface area contributed by atoms with Crippen molar-refractivity contribution >= 4 is 38.3 Å². The average molecular weight is 404 g/mol. The Morgan fingerprint density at radius 1 is 1.12 bits per heavy atom. The van der Waals surface area contributed by atoms with E-state index >= 15 is 0 Å². The smallest absolute Gasteiger partial charge is 0.266 e. The second-order valence-electron chi connectivity index (χ2n) is 4.95. The molecule has 0 fully saturated rings. The van der Waals surface area contributed by atoms with Crippen LogP contribution in [0.15, 0.2) is 59.1 Å². The molecular formula is C17H14BrN3O2S. The summed E-state index contributed by atoms with van der Waals surface area (Å²) in [4.78, 5) is 13.7. The van der Waals surface area contributed by atoms with Gasteiger partial charge < -0.3 is 4.74 Å². The van der Waals surface area contributed by atoms with Crippen molar-refractivity contribution in [1.82, 2.24) is 10.2 Å². The Hall–Kier alpha value is -2.25. The van der Waals surface area contributed by atoms with Crippen LogP contribution in [0.1, 0.15) is 0 Å². The molecule has 0 saturated carbocycles. The Balaban J connectivity index is 1.65. The third-order valence-electron chi connectivity index (χ3n) is 3.27. The minimum absolute atomic E-state index is 0.0479. The quantitative estimate of drug-likeness (QED) is 0.645. The maximum atomic E-state index is 12.2. The number of hydrogen-bond donors (Lipinski definition) is 0. The lowest BCUT2D eigenvalue weighted by molar-refractivity contribution is -0.120. The van der Waals surface area contributed by atoms with Crippen LogP contribution in [0.2, 0.25) is 0 Å². The number of hydrogen-bond acceptors (Lipinski definition) is 5. The van der Waals surface area contributed by atoms with E-state index in [4.69, 9.17) is 4.74 Å². The molecule has 0 spiro atoms. The summed E-state index contributed by atoms with van der Waals surface area (Å²) >= 11 is 4.76. The van der Waals surface area contributed by atoms with E-state index in [0.717, 1.165) is 15.0 Å². The van der Waals surface area contributed by atoms with E-state index in [-0.39, 0.29) is 12.5 Å². The molecule has 0 saturated heterocycles. The van der Waals surface area contributed by atoms with Gasteiger partial charge in [0.1, 0.15) is 10.8 Å². The zero-order chi connectivity index (χ0) is 16.9. The van der Waals surface area contributed by atoms with Gasteiger partial charge in [-0.15, -0.1) is 10.2 Å². The molecule has 3 aromatic rings. The van der Waals surface area contributed by atoms with Gasteiger partial charge in [-0.25, -0.2) is 0 Å². The Morgan fingerprint density at radius 3 is 2.54 bits per heavy atom. The topological polar surface area (TPSA) is 55.3 Å². The monoisotopic (exact) mass is 403 g/mol. The zero-order valence-corrected chi connectivity index (χ0v) is 15.3. The van der Waals surface area contributed by atoms with E-state index in [1.54, 1.807) is 7.05 Å². The molecule has 0 bridgehead atoms. The Labute approximate surface area is 152 Å². The number of amides is 1. The molecule has 122 valence electrons. The highest BCUT2D eigenvalue weighted by Crippen LogP contribution is 2.29. The number of carbonyl (C=O) groups excluding carboxylic acids is 1. The number of carbonyl (C=O) groups is 1. The lowest BCUT2D eigenvalue weighted by Gasteiger charge is -2.13. The first-order valence-electron chi connectivity index (χ1n) is 7.17. The van der Waals surface area contributed by atoms with Gasteiger partial charge in [0, 0.05) is 17.1 Å². The van der Waals surface area contributed by atoms with Gasteiger partial charge in [0.15, 0.2) is 6.61 Å². The van der Waals surface area contributed by atoms with E-state index < -0.39 is 0 Å². The Morgan fingerprint density at radius 2 is 1.83 bits per heavy atom. The van der Waals surface area contributed by atoms with Gasteiger partial charge in [-0.1, -0.05) is 57.6 Å². The minimum atomic E-state index is -0.183. The number of anilines is 1. The molecule has 3 rings (SSSR count). The summed E-state index contributed by atoms with van der Waals surface area (Å²) in [6.07, 6.45) is 0. The van der Waals surface area contributed by atoms with Gasteiger partial charge in [0.25, 0.3) is 5.91 Å². The third-order valence-corrected chi connectivity index (χ3v) is 4.85. The van der Waals surface area contributed by atoms with Crippen molar-refractivity contribution in [3.63, 3.8) is 0 Å². The lowest BCUT2D eigenvalue weighted by atomic mass is 10.2. The van der Waals surface area contributed by atoms with Crippen molar-refractivity contribution in [3.8, 4) is 16.3 Å². The van der Waals surface area contributed by atoms with Crippen LogP contribution in [0.25, 0.3) is 10.6 Å². The van der Waals surface area contributed by atoms with Crippen molar-refractivity contribution in [2.45, 2.75) is 0 Å². The lowest BCUT2D eigenvalue weighted by Crippen LogP contribution is -2.31. The molecule has 0 aliphatic carbocycles. The number of likely N-dealkylation sites (N-methyl/N-ethyl adjacent to an activating group) is 1. The summed E-state index contributed by atoms with van der Waals surface area (Å²) in [7, 11) is 1.67. The van der Waals surface area contributed by atoms with Crippen LogP contribution in [0.5, 0.6) is 5.75 Å². The number of nitrogens with zero attached hydrogens (tertiary/aromatic N) is 3. The highest BCUT2D eigenvalue weighted by molar-refractivity contribution is 9.10. The molecule has 0 aliphatic rings. The van der Waals surface area contributed by atoms with E-state index in [9.17, 15) is 4.79 Å². The summed E-state index contributed by atoms with van der Waals surface area (Å²) in [5, 5.41) is 9.56. The molecule has 0 aliphatic heterocycles. The van der Waals surface area contributed by atoms with Crippen molar-refractivity contribution in [2.75, 3.05) is 18.6 Å². The Kier molecular flexibility index (Phi) is 5.22. The minimum Gasteiger partial charge on any atom is -0.484 e. The molecule has 1 aromatic heterocycles. The maximum absolute atomic E-state index is 12.2. The first-order chi connectivity index (χ1) is 11.6. The van der Waals surface area contributed by atoms with Crippen LogP contribution in [0.4, 0.5) is 5.13 Å². The number of ether oxygens (including phenoxy) is 1. The van der Waals surface area contributed by atoms with E-state index in [1.165, 1.54) is 16.2 Å². The molecule has 5 nitrogen and oxygen atoms in total. The first kappa shape index (κ1) is 16.6. The largest absolute Gasteiger partial charge is 0.484 e. The zero-order valence-electron chi connectivity index (χ0n) is 12.8. The average Bonchev–Trinajstić information content (AvgIpc) is 3.10. The highest BCUT2D eigenvalue weighted by Gasteiger charge is 2.17. The van der Waals surface area contributed by atoms with Crippen LogP contribution in [0, 0.1) is 0 Å². The summed E-state index contributed by atoms with van der Waals surface area (Å²) in [5.41, 5.74) is 0.961. The van der Waals surface area contributed by atoms with Crippen molar-refractivity contribution in [1.29, 1.82) is 0 Å². The number of para-hydroxylation sites is 1. The molecule has 24 heavy (non-hydrogen) atoms. The van der Waals surface area contributed by atoms with Gasteiger partial charge in [-0.2, -0.15) is 0 Å². The van der Waals surface area contributed by atoms with Crippen LogP contribution in [-0.4, -0.2) is 29.8 Å². The van der Waals surface area contributed by atoms with Crippen LogP contribution < -0.4 is 9.64 Å². The summed E-state index contributed by atoms with van der Waals surface area (Å²) < 4.78 is 6.48. The van der Waals surface area contributed by atoms with E-state index in [2.05, 4.69) is 26.1 Å². The van der Waals surface area contributed by atoms with E-state index in [1.807, 2.05) is 54.6 Å². The fraction of sp³-hybridized carbons (Fsp3) is 0.118. The SMILES string of the molecule is CN(C(=O)COc1ccccc1)c1nnc(-c2ccc(Br)cc2)s1. The first-order valence-corrected chi connectivity index (χ1v) is 8.78. The fourth-order valence-electron chi connectivity index (χ4n) is 1.93. The molecule has 0 atom stereocenters. The van der Waals surface area contributed by atoms with Gasteiger partial charge >= 0.3 is 0 Å². The predicted octanol–water partition coefficient (Wildman–Crippen LogP) is 4.01. The van der Waals surface area contributed by atoms with Crippen LogP contribution >= 0.6 is 27.3 Å². The highest BCUT2D eigenvalue weighted by atomic mass is 79.9. The molecule has 1 heterocycles. The molecule has 0 unspecified atom stereocenters. The number of benzene rings is 2. The van der Waals surface area contributed by atoms with Crippen molar-refractivity contribution in [2.24, 2.45) is 0 Å². The Bertz CT molecular complexity index is 821. The third kappa shape index (κ3) is 3.98. The second-order valence-corrected chi connectivity index (χ2v) is 6.82. The van der Waals surface area contributed by atoms with Crippen LogP contribution in [-0.2, 0) is 4.79 Å². The van der Waals surface area contributed by atoms with Gasteiger partial charge in [0.2, 0.25) is 5.13 Å². The number of rotatable bonds is 5. The summed E-state index contributed by atoms with van der Waals surface area (Å²) in [6.45, 7) is -0.0479. The standard InChI is InChI=1S/C17H14BrN3O2S/c1-21(15(22)11-23-14-5-3-2-4-6-14)17-20-19-16(24-17)12-7-9-13(18)10-8-12/h2-10H,11H2,1H3. The van der Waals surface area contributed by atoms with Crippen LogP contribution in [0.3, 0.4) is 0 Å². The van der Waals surface area contributed by atoms with Crippen molar-refractivity contribution < 1.29 is 9.53 Å². The summed E-state index contributed by atoms with van der Waals surface area (Å²) in [6, 6.07) is 17.0. The van der Waals surface area contributed by atoms with Gasteiger partial charge in [-0.05, 0) is 24.3 Å². The van der Waals surface area contributed by atoms with Gasteiger partial charge in [0.05, 0.1) is 0 Å². The maximum Gasteiger partial charge on any atom is 0.266 e. The van der Waals surface area contributed by atoms with Gasteiger partial charge in [-0.3, -0.25) is 9.69 Å². The molecule has 1 amide bonds. The second kappa shape index (κ2) is 7.55. The predicted molar refractivity (Wildman–Crippen MR) is 98.4 cm³/mol. The number of halogens is 1.